The van der Waals surface area contributed by atoms with Crippen LogP contribution in [0.25, 0.3) is 15.3 Å². The molecule has 4 rings (SSSR count). The summed E-state index contributed by atoms with van der Waals surface area (Å²) < 4.78 is 2.37. The van der Waals surface area contributed by atoms with Crippen molar-refractivity contribution in [2.45, 2.75) is 13.8 Å². The number of hydrogen-bond acceptors (Lipinski definition) is 6. The number of non-ortho nitro benzene ring substituents is 1. The molecule has 0 aliphatic heterocycles. The smallest absolute Gasteiger partial charge is 0.270 e. The van der Waals surface area contributed by atoms with E-state index in [1.54, 1.807) is 13.0 Å². The molecule has 2 aromatic heterocycles. The highest BCUT2D eigenvalue weighted by atomic mass is 35.5. The Morgan fingerprint density at radius 2 is 2.03 bits per heavy atom. The van der Waals surface area contributed by atoms with E-state index in [-0.39, 0.29) is 11.3 Å². The van der Waals surface area contributed by atoms with Crippen molar-refractivity contribution in [2.75, 3.05) is 5.32 Å². The summed E-state index contributed by atoms with van der Waals surface area (Å²) in [5.41, 5.74) is 2.47. The molecule has 0 radical (unpaired) electrons. The number of rotatable bonds is 4. The second kappa shape index (κ2) is 7.26. The zero-order chi connectivity index (χ0) is 20.7. The van der Waals surface area contributed by atoms with E-state index in [0.29, 0.717) is 21.7 Å². The van der Waals surface area contributed by atoms with Crippen LogP contribution in [0.15, 0.2) is 42.5 Å². The zero-order valence-electron chi connectivity index (χ0n) is 15.3. The van der Waals surface area contributed by atoms with Crippen molar-refractivity contribution in [1.29, 1.82) is 0 Å². The standard InChI is InChI=1S/C19H14ClN5O3S/c1-10-6-7-14(20)17-16(10)22-19(29-17)24-15(8-11(2)23-24)21-18(26)12-4-3-5-13(9-12)25(27)28/h3-9H,1-2H3,(H,21,26). The lowest BCUT2D eigenvalue weighted by Crippen LogP contribution is -2.15. The summed E-state index contributed by atoms with van der Waals surface area (Å²) in [6, 6.07) is 11.0. The SMILES string of the molecule is Cc1cc(NC(=O)c2cccc([N+](=O)[O-])c2)n(-c2nc3c(C)ccc(Cl)c3s2)n1. The van der Waals surface area contributed by atoms with Gasteiger partial charge in [0.05, 0.1) is 25.9 Å². The number of aromatic nitrogens is 3. The van der Waals surface area contributed by atoms with Gasteiger partial charge >= 0.3 is 0 Å². The molecule has 0 bridgehead atoms. The quantitative estimate of drug-likeness (QED) is 0.368. The summed E-state index contributed by atoms with van der Waals surface area (Å²) >= 11 is 7.66. The first kappa shape index (κ1) is 19.0. The number of anilines is 1. The van der Waals surface area contributed by atoms with Gasteiger partial charge in [-0.25, -0.2) is 4.98 Å². The molecule has 10 heteroatoms. The number of carbonyl (C=O) groups is 1. The fourth-order valence-corrected chi connectivity index (χ4v) is 4.15. The van der Waals surface area contributed by atoms with Crippen molar-refractivity contribution in [3.05, 3.63) is 74.4 Å². The number of nitrogens with one attached hydrogen (secondary N) is 1. The molecule has 0 atom stereocenters. The summed E-state index contributed by atoms with van der Waals surface area (Å²) in [6.45, 7) is 3.74. The number of fused-ring (bicyclic) bond motifs is 1. The van der Waals surface area contributed by atoms with E-state index < -0.39 is 10.8 Å². The Balaban J connectivity index is 1.72. The number of halogens is 1. The number of thiazole rings is 1. The molecule has 1 amide bonds. The average Bonchev–Trinajstić information content (AvgIpc) is 3.29. The minimum Gasteiger partial charge on any atom is -0.306 e. The van der Waals surface area contributed by atoms with Crippen molar-refractivity contribution in [3.63, 3.8) is 0 Å². The van der Waals surface area contributed by atoms with E-state index in [2.05, 4.69) is 15.4 Å². The van der Waals surface area contributed by atoms with Crippen LogP contribution in [0.2, 0.25) is 5.02 Å². The third kappa shape index (κ3) is 3.57. The molecule has 29 heavy (non-hydrogen) atoms. The molecule has 0 aliphatic carbocycles. The van der Waals surface area contributed by atoms with Crippen LogP contribution < -0.4 is 5.32 Å². The number of nitro benzene ring substituents is 1. The van der Waals surface area contributed by atoms with Gasteiger partial charge in [0.15, 0.2) is 0 Å². The van der Waals surface area contributed by atoms with Gasteiger partial charge in [-0.15, -0.1) is 0 Å². The van der Waals surface area contributed by atoms with Crippen molar-refractivity contribution >= 4 is 50.6 Å². The second-order valence-corrected chi connectivity index (χ2v) is 7.77. The first-order valence-corrected chi connectivity index (χ1v) is 9.71. The van der Waals surface area contributed by atoms with Crippen LogP contribution in [0, 0.1) is 24.0 Å². The molecule has 0 aliphatic rings. The highest BCUT2D eigenvalue weighted by Crippen LogP contribution is 2.34. The summed E-state index contributed by atoms with van der Waals surface area (Å²) in [6.07, 6.45) is 0. The van der Waals surface area contributed by atoms with Gasteiger partial charge in [0, 0.05) is 23.8 Å². The number of carbonyl (C=O) groups excluding carboxylic acids is 1. The number of benzene rings is 2. The van der Waals surface area contributed by atoms with E-state index >= 15 is 0 Å². The average molecular weight is 428 g/mol. The van der Waals surface area contributed by atoms with Gasteiger partial charge in [-0.05, 0) is 31.5 Å². The molecule has 2 aromatic carbocycles. The van der Waals surface area contributed by atoms with E-state index in [1.165, 1.54) is 40.3 Å². The van der Waals surface area contributed by atoms with Crippen LogP contribution in [0.1, 0.15) is 21.6 Å². The molecule has 0 saturated carbocycles. The molecule has 4 aromatic rings. The van der Waals surface area contributed by atoms with Gasteiger partial charge in [0.25, 0.3) is 11.6 Å². The van der Waals surface area contributed by atoms with Crippen LogP contribution in [0.3, 0.4) is 0 Å². The Morgan fingerprint density at radius 3 is 2.76 bits per heavy atom. The molecule has 2 heterocycles. The number of nitro groups is 1. The molecule has 0 fully saturated rings. The molecular formula is C19H14ClN5O3S. The number of amides is 1. The lowest BCUT2D eigenvalue weighted by atomic mass is 10.2. The molecule has 8 nitrogen and oxygen atoms in total. The summed E-state index contributed by atoms with van der Waals surface area (Å²) in [4.78, 5) is 27.7. The van der Waals surface area contributed by atoms with Crippen molar-refractivity contribution in [1.82, 2.24) is 14.8 Å². The summed E-state index contributed by atoms with van der Waals surface area (Å²) in [7, 11) is 0. The summed E-state index contributed by atoms with van der Waals surface area (Å²) in [5, 5.41) is 19.3. The Hall–Kier alpha value is -3.30. The molecule has 0 saturated heterocycles. The Kier molecular flexibility index (Phi) is 4.77. The zero-order valence-corrected chi connectivity index (χ0v) is 16.9. The third-order valence-electron chi connectivity index (χ3n) is 4.26. The molecule has 1 N–H and O–H groups in total. The highest BCUT2D eigenvalue weighted by Gasteiger charge is 2.18. The Bertz CT molecular complexity index is 1240. The minimum absolute atomic E-state index is 0.154. The Morgan fingerprint density at radius 1 is 1.24 bits per heavy atom. The molecule has 146 valence electrons. The fraction of sp³-hybridized carbons (Fsp3) is 0.105. The largest absolute Gasteiger partial charge is 0.306 e. The van der Waals surface area contributed by atoms with Crippen molar-refractivity contribution < 1.29 is 9.72 Å². The van der Waals surface area contributed by atoms with E-state index in [9.17, 15) is 14.9 Å². The molecule has 0 unspecified atom stereocenters. The van der Waals surface area contributed by atoms with Gasteiger partial charge < -0.3 is 5.32 Å². The second-order valence-electron chi connectivity index (χ2n) is 6.38. The van der Waals surface area contributed by atoms with Gasteiger partial charge in [-0.1, -0.05) is 35.1 Å². The molecular weight excluding hydrogens is 414 g/mol. The van der Waals surface area contributed by atoms with Crippen LogP contribution in [-0.2, 0) is 0 Å². The predicted octanol–water partition coefficient (Wildman–Crippen LogP) is 4.91. The normalized spacial score (nSPS) is 11.0. The Labute approximate surface area is 173 Å². The van der Waals surface area contributed by atoms with Gasteiger partial charge in [0.2, 0.25) is 5.13 Å². The van der Waals surface area contributed by atoms with E-state index in [1.807, 2.05) is 19.1 Å². The molecule has 0 spiro atoms. The highest BCUT2D eigenvalue weighted by molar-refractivity contribution is 7.21. The minimum atomic E-state index is -0.543. The fourth-order valence-electron chi connectivity index (χ4n) is 2.86. The maximum Gasteiger partial charge on any atom is 0.270 e. The number of aryl methyl sites for hydroxylation is 2. The number of hydrogen-bond donors (Lipinski definition) is 1. The topological polar surface area (TPSA) is 103 Å². The van der Waals surface area contributed by atoms with E-state index in [4.69, 9.17) is 11.6 Å². The van der Waals surface area contributed by atoms with E-state index in [0.717, 1.165) is 15.8 Å². The van der Waals surface area contributed by atoms with Crippen LogP contribution >= 0.6 is 22.9 Å². The third-order valence-corrected chi connectivity index (χ3v) is 5.75. The van der Waals surface area contributed by atoms with Crippen LogP contribution in [0.5, 0.6) is 0 Å². The predicted molar refractivity (Wildman–Crippen MR) is 112 cm³/mol. The number of nitrogens with zero attached hydrogens (tertiary/aromatic N) is 4. The first-order chi connectivity index (χ1) is 13.8. The van der Waals surface area contributed by atoms with Gasteiger partial charge in [-0.3, -0.25) is 14.9 Å². The van der Waals surface area contributed by atoms with Crippen molar-refractivity contribution in [3.8, 4) is 5.13 Å². The maximum absolute atomic E-state index is 12.6. The monoisotopic (exact) mass is 427 g/mol. The maximum atomic E-state index is 12.6. The van der Waals surface area contributed by atoms with Crippen molar-refractivity contribution in [2.24, 2.45) is 0 Å². The van der Waals surface area contributed by atoms with Gasteiger partial charge in [0.1, 0.15) is 5.82 Å². The van der Waals surface area contributed by atoms with Crippen LogP contribution in [-0.4, -0.2) is 25.6 Å². The lowest BCUT2D eigenvalue weighted by Gasteiger charge is -2.06. The lowest BCUT2D eigenvalue weighted by molar-refractivity contribution is -0.384. The van der Waals surface area contributed by atoms with Gasteiger partial charge in [-0.2, -0.15) is 9.78 Å². The summed E-state index contributed by atoms with van der Waals surface area (Å²) in [5.74, 6) is -0.0722. The van der Waals surface area contributed by atoms with Crippen LogP contribution in [0.4, 0.5) is 11.5 Å². The first-order valence-electron chi connectivity index (χ1n) is 8.52.